The second kappa shape index (κ2) is 6.92. The molecule has 3 rings (SSSR count). The Morgan fingerprint density at radius 2 is 1.42 bits per heavy atom. The SMILES string of the molecule is CCC[N+](C)(C)CNc1ccc(NC)c2c1C(=O)c1ccccc1C2=O. The van der Waals surface area contributed by atoms with Crippen LogP contribution in [0.2, 0.25) is 0 Å². The van der Waals surface area contributed by atoms with Crippen molar-refractivity contribution in [3.8, 4) is 0 Å². The second-order valence-corrected chi connectivity index (χ2v) is 7.36. The molecule has 2 N–H and O–H groups in total. The van der Waals surface area contributed by atoms with E-state index in [0.29, 0.717) is 40.3 Å². The van der Waals surface area contributed by atoms with Crippen molar-refractivity contribution < 1.29 is 14.1 Å². The van der Waals surface area contributed by atoms with Crippen LogP contribution in [0.4, 0.5) is 11.4 Å². The number of carbonyl (C=O) groups is 2. The fourth-order valence-corrected chi connectivity index (χ4v) is 3.56. The Morgan fingerprint density at radius 1 is 0.885 bits per heavy atom. The van der Waals surface area contributed by atoms with Crippen LogP contribution in [0.15, 0.2) is 36.4 Å². The number of carbonyl (C=O) groups excluding carboxylic acids is 2. The second-order valence-electron chi connectivity index (χ2n) is 7.36. The van der Waals surface area contributed by atoms with Gasteiger partial charge in [-0.25, -0.2) is 0 Å². The Morgan fingerprint density at radius 3 is 1.96 bits per heavy atom. The van der Waals surface area contributed by atoms with Crippen LogP contribution < -0.4 is 10.6 Å². The quantitative estimate of drug-likeness (QED) is 0.528. The summed E-state index contributed by atoms with van der Waals surface area (Å²) < 4.78 is 0.789. The minimum absolute atomic E-state index is 0.101. The molecule has 26 heavy (non-hydrogen) atoms. The van der Waals surface area contributed by atoms with E-state index < -0.39 is 0 Å². The number of nitrogens with one attached hydrogen (secondary N) is 2. The lowest BCUT2D eigenvalue weighted by Crippen LogP contribution is -2.44. The minimum atomic E-state index is -0.106. The van der Waals surface area contributed by atoms with E-state index in [4.69, 9.17) is 0 Å². The van der Waals surface area contributed by atoms with Crippen molar-refractivity contribution in [3.05, 3.63) is 58.7 Å². The molecular weight excluding hydrogens is 326 g/mol. The van der Waals surface area contributed by atoms with E-state index in [0.717, 1.165) is 17.4 Å². The number of ketones is 2. The van der Waals surface area contributed by atoms with E-state index in [1.165, 1.54) is 0 Å². The Hall–Kier alpha value is -2.66. The molecule has 0 atom stereocenters. The van der Waals surface area contributed by atoms with Gasteiger partial charge < -0.3 is 15.1 Å². The number of anilines is 2. The zero-order valence-electron chi connectivity index (χ0n) is 15.8. The first-order chi connectivity index (χ1) is 12.4. The smallest absolute Gasteiger partial charge is 0.196 e. The Bertz CT molecular complexity index is 872. The van der Waals surface area contributed by atoms with Gasteiger partial charge in [0.1, 0.15) is 0 Å². The average Bonchev–Trinajstić information content (AvgIpc) is 2.63. The largest absolute Gasteiger partial charge is 0.388 e. The van der Waals surface area contributed by atoms with Gasteiger partial charge in [0.2, 0.25) is 0 Å². The van der Waals surface area contributed by atoms with Crippen LogP contribution in [0.3, 0.4) is 0 Å². The lowest BCUT2D eigenvalue weighted by atomic mass is 9.82. The molecule has 136 valence electrons. The van der Waals surface area contributed by atoms with E-state index in [1.54, 1.807) is 31.3 Å². The first-order valence-corrected chi connectivity index (χ1v) is 8.98. The molecule has 5 heteroatoms. The maximum atomic E-state index is 13.2. The lowest BCUT2D eigenvalue weighted by molar-refractivity contribution is -0.887. The molecule has 0 bridgehead atoms. The molecule has 2 aromatic carbocycles. The van der Waals surface area contributed by atoms with Gasteiger partial charge in [0, 0.05) is 23.9 Å². The Labute approximate surface area is 154 Å². The van der Waals surface area contributed by atoms with Gasteiger partial charge in [-0.05, 0) is 18.6 Å². The van der Waals surface area contributed by atoms with E-state index in [1.807, 2.05) is 12.1 Å². The van der Waals surface area contributed by atoms with E-state index >= 15 is 0 Å². The Kier molecular flexibility index (Phi) is 4.83. The number of hydrogen-bond donors (Lipinski definition) is 2. The lowest BCUT2D eigenvalue weighted by Gasteiger charge is -2.31. The van der Waals surface area contributed by atoms with Crippen molar-refractivity contribution in [2.75, 3.05) is 45.0 Å². The molecule has 0 fully saturated rings. The molecule has 0 aliphatic heterocycles. The molecule has 1 aliphatic carbocycles. The van der Waals surface area contributed by atoms with E-state index in [-0.39, 0.29) is 11.6 Å². The van der Waals surface area contributed by atoms with Crippen LogP contribution >= 0.6 is 0 Å². The van der Waals surface area contributed by atoms with E-state index in [2.05, 4.69) is 31.7 Å². The van der Waals surface area contributed by atoms with Crippen LogP contribution in [0.1, 0.15) is 45.2 Å². The minimum Gasteiger partial charge on any atom is -0.388 e. The number of nitrogens with zero attached hydrogens (tertiary/aromatic N) is 1. The summed E-state index contributed by atoms with van der Waals surface area (Å²) in [5.74, 6) is -0.207. The topological polar surface area (TPSA) is 58.2 Å². The molecule has 0 saturated heterocycles. The van der Waals surface area contributed by atoms with Gasteiger partial charge in [-0.15, -0.1) is 0 Å². The molecule has 2 aromatic rings. The van der Waals surface area contributed by atoms with Crippen molar-refractivity contribution in [1.29, 1.82) is 0 Å². The van der Waals surface area contributed by atoms with Crippen LogP contribution in [-0.4, -0.2) is 50.4 Å². The monoisotopic (exact) mass is 352 g/mol. The zero-order chi connectivity index (χ0) is 18.9. The van der Waals surface area contributed by atoms with Gasteiger partial charge in [0.25, 0.3) is 0 Å². The number of fused-ring (bicyclic) bond motifs is 2. The molecule has 1 aliphatic rings. The van der Waals surface area contributed by atoms with Crippen LogP contribution in [0.25, 0.3) is 0 Å². The van der Waals surface area contributed by atoms with Crippen molar-refractivity contribution in [1.82, 2.24) is 0 Å². The first-order valence-electron chi connectivity index (χ1n) is 8.98. The van der Waals surface area contributed by atoms with Gasteiger partial charge in [-0.3, -0.25) is 9.59 Å². The van der Waals surface area contributed by atoms with E-state index in [9.17, 15) is 9.59 Å². The number of hydrogen-bond acceptors (Lipinski definition) is 4. The summed E-state index contributed by atoms with van der Waals surface area (Å²) in [7, 11) is 6.06. The molecule has 0 spiro atoms. The first kappa shape index (κ1) is 18.1. The van der Waals surface area contributed by atoms with Crippen molar-refractivity contribution >= 4 is 22.9 Å². The predicted molar refractivity (Wildman–Crippen MR) is 105 cm³/mol. The molecule has 0 saturated carbocycles. The molecular formula is C21H26N3O2+. The van der Waals surface area contributed by atoms with Crippen molar-refractivity contribution in [2.24, 2.45) is 0 Å². The molecule has 0 heterocycles. The van der Waals surface area contributed by atoms with Crippen LogP contribution in [0.5, 0.6) is 0 Å². The predicted octanol–water partition coefficient (Wildman–Crippen LogP) is 3.36. The average molecular weight is 352 g/mol. The third-order valence-corrected chi connectivity index (χ3v) is 4.87. The van der Waals surface area contributed by atoms with Crippen molar-refractivity contribution in [2.45, 2.75) is 13.3 Å². The van der Waals surface area contributed by atoms with Gasteiger partial charge in [-0.1, -0.05) is 31.2 Å². The van der Waals surface area contributed by atoms with Crippen LogP contribution in [0, 0.1) is 0 Å². The maximum absolute atomic E-state index is 13.2. The van der Waals surface area contributed by atoms with Gasteiger partial charge in [-0.2, -0.15) is 0 Å². The molecule has 5 nitrogen and oxygen atoms in total. The highest BCUT2D eigenvalue weighted by molar-refractivity contribution is 6.31. The number of rotatable bonds is 6. The maximum Gasteiger partial charge on any atom is 0.196 e. The number of benzene rings is 2. The fourth-order valence-electron chi connectivity index (χ4n) is 3.56. The Balaban J connectivity index is 2.08. The summed E-state index contributed by atoms with van der Waals surface area (Å²) in [6.45, 7) is 3.87. The van der Waals surface area contributed by atoms with Gasteiger partial charge in [0.05, 0.1) is 37.5 Å². The summed E-state index contributed by atoms with van der Waals surface area (Å²) in [5.41, 5.74) is 3.28. The molecule has 0 aromatic heterocycles. The van der Waals surface area contributed by atoms with Crippen LogP contribution in [-0.2, 0) is 0 Å². The van der Waals surface area contributed by atoms with Gasteiger partial charge >= 0.3 is 0 Å². The summed E-state index contributed by atoms with van der Waals surface area (Å²) in [6.07, 6.45) is 1.08. The highest BCUT2D eigenvalue weighted by Crippen LogP contribution is 2.36. The summed E-state index contributed by atoms with van der Waals surface area (Å²) in [5, 5.41) is 6.45. The fraction of sp³-hybridized carbons (Fsp3) is 0.333. The molecule has 0 amide bonds. The summed E-state index contributed by atoms with van der Waals surface area (Å²) in [4.78, 5) is 26.2. The summed E-state index contributed by atoms with van der Waals surface area (Å²) in [6, 6.07) is 10.8. The highest BCUT2D eigenvalue weighted by atomic mass is 16.1. The highest BCUT2D eigenvalue weighted by Gasteiger charge is 2.33. The third kappa shape index (κ3) is 3.10. The standard InChI is InChI=1S/C21H25N3O2/c1-5-12-24(3,4)13-23-17-11-10-16(22-2)18-19(17)21(26)15-9-7-6-8-14(15)20(18)25/h6-11H,5,12-13H2,1-4H3,(H-,22,23,25,26)/p+1. The zero-order valence-corrected chi connectivity index (χ0v) is 15.8. The number of quaternary nitrogens is 1. The normalized spacial score (nSPS) is 13.2. The molecule has 0 unspecified atom stereocenters. The van der Waals surface area contributed by atoms with Gasteiger partial charge in [0.15, 0.2) is 18.2 Å². The molecule has 0 radical (unpaired) electrons. The summed E-state index contributed by atoms with van der Waals surface area (Å²) >= 11 is 0. The third-order valence-electron chi connectivity index (χ3n) is 4.87. The van der Waals surface area contributed by atoms with Crippen molar-refractivity contribution in [3.63, 3.8) is 0 Å².